The fourth-order valence-electron chi connectivity index (χ4n) is 10.2. The van der Waals surface area contributed by atoms with Crippen LogP contribution in [0.2, 0.25) is 0 Å². The van der Waals surface area contributed by atoms with Crippen molar-refractivity contribution in [3.63, 3.8) is 0 Å². The van der Waals surface area contributed by atoms with E-state index in [0.717, 1.165) is 34.6 Å². The number of carboxylic acid groups (broad SMARTS) is 2. The SMILES string of the molecule is CC(=O)N[C@H]1[C@H](O[C@H]2[C@H](O[C@H](C)C(=O)N[C@@H](C)C(=O)N[C@H](CCC(=O)O)C(N)=O)[C@@H](NC(C)=O)C(O)O[C@@H]2CO)O[C@H](CO)[C@@H](OC2O[C@H](CO)[C@@H](O[C@@H]3O[C@H](CO)[C@@H](O)[C@H](O)[C@H]3NC(C)=O)[C@H](O[C@H](C)C(=O)NC(C)C(=O)NC(CCC(=O)O)C(N)=O)[C@H]2N)[C@@H]1O. The van der Waals surface area contributed by atoms with E-state index >= 15 is 0 Å². The second-order valence-electron chi connectivity index (χ2n) is 22.2. The van der Waals surface area contributed by atoms with Crippen molar-refractivity contribution in [1.29, 1.82) is 0 Å². The van der Waals surface area contributed by atoms with Gasteiger partial charge < -0.3 is 148 Å². The van der Waals surface area contributed by atoms with Crippen molar-refractivity contribution >= 4 is 65.1 Å². The van der Waals surface area contributed by atoms with Crippen LogP contribution in [0.3, 0.4) is 0 Å². The number of nitrogens with one attached hydrogen (secondary N) is 7. The summed E-state index contributed by atoms with van der Waals surface area (Å²) in [6.45, 7) is 3.59. The molecule has 40 nitrogen and oxygen atoms in total. The molecule has 0 saturated carbocycles. The van der Waals surface area contributed by atoms with Crippen molar-refractivity contribution in [2.45, 2.75) is 233 Å². The lowest BCUT2D eigenvalue weighted by Gasteiger charge is -2.51. The predicted octanol–water partition coefficient (Wildman–Crippen LogP) is -11.8. The van der Waals surface area contributed by atoms with Gasteiger partial charge in [-0.05, 0) is 40.5 Å². The Morgan fingerprint density at radius 2 is 0.804 bits per heavy atom. The van der Waals surface area contributed by atoms with Crippen LogP contribution in [0.5, 0.6) is 0 Å². The Bertz CT molecular complexity index is 2560. The minimum absolute atomic E-state index is 0.393. The molecule has 0 aliphatic carbocycles. The maximum atomic E-state index is 13.9. The van der Waals surface area contributed by atoms with E-state index in [4.69, 9.17) is 70.0 Å². The number of hydrogen-bond donors (Lipinski definition) is 20. The van der Waals surface area contributed by atoms with Gasteiger partial charge in [-0.3, -0.25) is 52.7 Å². The van der Waals surface area contributed by atoms with Crippen molar-refractivity contribution in [3.8, 4) is 0 Å². The second kappa shape index (κ2) is 35.6. The Balaban J connectivity index is 1.71. The number of nitrogens with two attached hydrogens (primary N) is 3. The van der Waals surface area contributed by atoms with Gasteiger partial charge in [0.25, 0.3) is 0 Å². The van der Waals surface area contributed by atoms with Crippen molar-refractivity contribution in [1.82, 2.24) is 37.2 Å². The van der Waals surface area contributed by atoms with Crippen LogP contribution in [0.25, 0.3) is 0 Å². The molecule has 4 saturated heterocycles. The molecule has 92 heavy (non-hydrogen) atoms. The van der Waals surface area contributed by atoms with Gasteiger partial charge in [0.15, 0.2) is 25.2 Å². The standard InChI is InChI=1S/C52H86N10O30/c1-16(45(79)61-23(43(54)77)8-10-29(70)71)56-47(81)18(3)84-41-31(53)50(88-28(15-66)39(41)91-51-32(58-20(5)67)36(75)35(74)25(12-63)87-51)90-38-26(13-64)89-52(33(37(38)76)59-21(6)68)92-40-27(14-65)86-49(83)34(60-22(7)69)42(40)85-19(4)48(82)57-17(2)46(80)62-24(44(55)78)9-11-30(72)73/h16-19,23-28,31-42,49-52,63-66,74-76,83H,8-15,53H2,1-7H3,(H2,54,77)(H2,55,78)(H,56,81)(H,57,82)(H,58,67)(H,59,68)(H,60,69)(H,61,79)(H,62,80)(H,70,71)(H,72,73)/t16?,17-,18+,19+,23?,24+,25+,26+,27+,28+,31+,32+,33+,34+,35+,36+,37+,38+,39+,40+,41+,42+,49?,50?,51-,52-/m0/s1. The minimum atomic E-state index is -2.12. The van der Waals surface area contributed by atoms with Gasteiger partial charge in [-0.15, -0.1) is 0 Å². The van der Waals surface area contributed by atoms with E-state index in [9.17, 15) is 93.6 Å². The van der Waals surface area contributed by atoms with Gasteiger partial charge in [-0.25, -0.2) is 0 Å². The smallest absolute Gasteiger partial charge is 0.303 e. The van der Waals surface area contributed by atoms with E-state index < -0.39 is 276 Å². The zero-order chi connectivity index (χ0) is 69.3. The molecule has 0 aromatic heterocycles. The zero-order valence-electron chi connectivity index (χ0n) is 51.0. The molecule has 40 heteroatoms. The number of hydrogen-bond acceptors (Lipinski definition) is 29. The summed E-state index contributed by atoms with van der Waals surface area (Å²) < 4.78 is 54.7. The quantitative estimate of drug-likeness (QED) is 0.0290. The number of primary amides is 2. The molecule has 4 unspecified atom stereocenters. The average Bonchev–Trinajstić information content (AvgIpc) is 0.781. The molecule has 26 atom stereocenters. The van der Waals surface area contributed by atoms with Crippen molar-refractivity contribution in [2.75, 3.05) is 26.4 Å². The number of carbonyl (C=O) groups excluding carboxylic acids is 9. The third-order valence-electron chi connectivity index (χ3n) is 15.0. The Labute approximate surface area is 524 Å². The second-order valence-corrected chi connectivity index (χ2v) is 22.2. The molecule has 4 aliphatic rings. The maximum absolute atomic E-state index is 13.9. The fourth-order valence-corrected chi connectivity index (χ4v) is 10.2. The molecule has 4 rings (SSSR count). The van der Waals surface area contributed by atoms with Gasteiger partial charge in [0.2, 0.25) is 53.2 Å². The first-order chi connectivity index (χ1) is 43.1. The van der Waals surface area contributed by atoms with E-state index in [2.05, 4.69) is 37.2 Å². The Morgan fingerprint density at radius 3 is 1.22 bits per heavy atom. The Kier molecular flexibility index (Phi) is 30.2. The lowest BCUT2D eigenvalue weighted by molar-refractivity contribution is -0.364. The summed E-state index contributed by atoms with van der Waals surface area (Å²) >= 11 is 0. The number of rotatable bonds is 33. The monoisotopic (exact) mass is 1330 g/mol. The molecule has 0 spiro atoms. The van der Waals surface area contributed by atoms with Crippen LogP contribution < -0.4 is 54.4 Å². The summed E-state index contributed by atoms with van der Waals surface area (Å²) in [5.41, 5.74) is 17.5. The van der Waals surface area contributed by atoms with Crippen LogP contribution >= 0.6 is 0 Å². The summed E-state index contributed by atoms with van der Waals surface area (Å²) in [7, 11) is 0. The molecule has 4 fully saturated rings. The molecule has 0 bridgehead atoms. The van der Waals surface area contributed by atoms with Crippen LogP contribution in [0, 0.1) is 0 Å². The normalized spacial score (nSPS) is 33.3. The van der Waals surface area contributed by atoms with E-state index in [1.54, 1.807) is 0 Å². The van der Waals surface area contributed by atoms with Gasteiger partial charge >= 0.3 is 11.9 Å². The first-order valence-corrected chi connectivity index (χ1v) is 28.9. The molecule has 23 N–H and O–H groups in total. The molecular formula is C52H86N10O30. The number of carboxylic acids is 2. The van der Waals surface area contributed by atoms with Gasteiger partial charge in [0.05, 0.1) is 32.5 Å². The summed E-state index contributed by atoms with van der Waals surface area (Å²) in [5, 5.41) is 122. The summed E-state index contributed by atoms with van der Waals surface area (Å²) in [4.78, 5) is 138. The minimum Gasteiger partial charge on any atom is -0.481 e. The number of aliphatic carboxylic acids is 2. The number of ether oxygens (including phenoxy) is 9. The highest BCUT2D eigenvalue weighted by Gasteiger charge is 2.57. The largest absolute Gasteiger partial charge is 0.481 e. The lowest BCUT2D eigenvalue weighted by Crippen LogP contribution is -2.72. The van der Waals surface area contributed by atoms with E-state index in [1.807, 2.05) is 0 Å². The van der Waals surface area contributed by atoms with Gasteiger partial charge in [0.1, 0.15) is 128 Å². The van der Waals surface area contributed by atoms with Crippen LogP contribution in [0.4, 0.5) is 0 Å². The maximum Gasteiger partial charge on any atom is 0.303 e. The number of aliphatic hydroxyl groups excluding tert-OH is 8. The van der Waals surface area contributed by atoms with Crippen LogP contribution in [0.1, 0.15) is 74.1 Å². The Morgan fingerprint density at radius 1 is 0.446 bits per heavy atom. The summed E-state index contributed by atoms with van der Waals surface area (Å²) in [6, 6.07) is -12.8. The van der Waals surface area contributed by atoms with E-state index in [1.165, 1.54) is 13.8 Å². The molecule has 0 aromatic carbocycles. The predicted molar refractivity (Wildman–Crippen MR) is 299 cm³/mol. The Hall–Kier alpha value is -6.55. The molecule has 4 aliphatic heterocycles. The van der Waals surface area contributed by atoms with E-state index in [-0.39, 0.29) is 0 Å². The first-order valence-electron chi connectivity index (χ1n) is 28.9. The van der Waals surface area contributed by atoms with Crippen molar-refractivity contribution in [2.24, 2.45) is 17.2 Å². The molecule has 9 amide bonds. The highest BCUT2D eigenvalue weighted by Crippen LogP contribution is 2.36. The molecular weight excluding hydrogens is 1240 g/mol. The van der Waals surface area contributed by atoms with Crippen LogP contribution in [-0.2, 0) is 95.4 Å². The number of amides is 9. The zero-order valence-corrected chi connectivity index (χ0v) is 51.0. The van der Waals surface area contributed by atoms with Crippen LogP contribution in [0.15, 0.2) is 0 Å². The first kappa shape index (κ1) is 77.9. The summed E-state index contributed by atoms with van der Waals surface area (Å²) in [5.74, 6) is -11.4. The van der Waals surface area contributed by atoms with Crippen LogP contribution in [-0.4, -0.2) is 302 Å². The topological polar surface area (TPSA) is 635 Å². The average molecular weight is 1330 g/mol. The fraction of sp³-hybridized carbons (Fsp3) is 0.788. The van der Waals surface area contributed by atoms with Gasteiger partial charge in [-0.2, -0.15) is 0 Å². The summed E-state index contributed by atoms with van der Waals surface area (Å²) in [6.07, 6.45) is -35.0. The van der Waals surface area contributed by atoms with Crippen molar-refractivity contribution in [3.05, 3.63) is 0 Å². The third kappa shape index (κ3) is 21.2. The number of carbonyl (C=O) groups is 11. The van der Waals surface area contributed by atoms with Crippen molar-refractivity contribution < 1.29 is 146 Å². The number of aliphatic hydroxyl groups is 8. The van der Waals surface area contributed by atoms with Gasteiger partial charge in [0, 0.05) is 33.6 Å². The molecule has 4 heterocycles. The van der Waals surface area contributed by atoms with E-state index in [0.29, 0.717) is 0 Å². The third-order valence-corrected chi connectivity index (χ3v) is 15.0. The highest BCUT2D eigenvalue weighted by atomic mass is 16.8. The highest BCUT2D eigenvalue weighted by molar-refractivity contribution is 5.93. The van der Waals surface area contributed by atoms with Gasteiger partial charge in [-0.1, -0.05) is 0 Å². The molecule has 524 valence electrons. The molecule has 0 radical (unpaired) electrons. The lowest BCUT2D eigenvalue weighted by atomic mass is 9.93. The molecule has 0 aromatic rings.